The maximum atomic E-state index is 13.4. The Bertz CT molecular complexity index is 1490. The third-order valence-corrected chi connectivity index (χ3v) is 8.53. The number of carbonyl (C=O) groups excluding carboxylic acids is 1. The molecule has 2 aromatic heterocycles. The first-order valence-electron chi connectivity index (χ1n) is 13.9. The molecule has 210 valence electrons. The van der Waals surface area contributed by atoms with Gasteiger partial charge in [0.05, 0.1) is 18.8 Å². The zero-order valence-electron chi connectivity index (χ0n) is 22.8. The number of benzene rings is 2. The summed E-state index contributed by atoms with van der Waals surface area (Å²) in [7, 11) is 0. The Hall–Kier alpha value is -3.92. The van der Waals surface area contributed by atoms with Gasteiger partial charge in [-0.25, -0.2) is 0 Å². The number of amides is 1. The van der Waals surface area contributed by atoms with E-state index in [4.69, 9.17) is 9.57 Å². The summed E-state index contributed by atoms with van der Waals surface area (Å²) < 4.78 is 7.60. The lowest BCUT2D eigenvalue weighted by Gasteiger charge is -2.26. The Kier molecular flexibility index (Phi) is 8.75. The fraction of sp³-hybridized carbons (Fsp3) is 0.281. The Morgan fingerprint density at radius 3 is 2.73 bits per heavy atom. The number of fused-ring (bicyclic) bond motifs is 1. The summed E-state index contributed by atoms with van der Waals surface area (Å²) in [4.78, 5) is 25.8. The lowest BCUT2D eigenvalue weighted by Crippen LogP contribution is -2.37. The Morgan fingerprint density at radius 1 is 1.05 bits per heavy atom. The van der Waals surface area contributed by atoms with E-state index < -0.39 is 0 Å². The van der Waals surface area contributed by atoms with Gasteiger partial charge in [-0.1, -0.05) is 53.7 Å². The zero-order chi connectivity index (χ0) is 27.9. The van der Waals surface area contributed by atoms with E-state index in [0.717, 1.165) is 73.1 Å². The fourth-order valence-corrected chi connectivity index (χ4v) is 6.48. The van der Waals surface area contributed by atoms with Crippen molar-refractivity contribution in [3.63, 3.8) is 0 Å². The minimum atomic E-state index is -0.124. The second-order valence-corrected chi connectivity index (χ2v) is 11.1. The Labute approximate surface area is 244 Å². The van der Waals surface area contributed by atoms with Crippen LogP contribution in [0.1, 0.15) is 44.5 Å². The van der Waals surface area contributed by atoms with Gasteiger partial charge in [0.25, 0.3) is 5.91 Å². The van der Waals surface area contributed by atoms with E-state index in [1.54, 1.807) is 18.0 Å². The van der Waals surface area contributed by atoms with Crippen molar-refractivity contribution in [2.75, 3.05) is 44.8 Å². The fourth-order valence-electron chi connectivity index (χ4n) is 5.17. The molecule has 2 aliphatic heterocycles. The topological polar surface area (TPSA) is 81.0 Å². The molecule has 1 N–H and O–H groups in total. The van der Waals surface area contributed by atoms with Gasteiger partial charge in [-0.05, 0) is 30.7 Å². The predicted octanol–water partition coefficient (Wildman–Crippen LogP) is 5.42. The molecule has 4 aromatic rings. The van der Waals surface area contributed by atoms with Gasteiger partial charge in [-0.15, -0.1) is 11.8 Å². The molecule has 4 heterocycles. The molecule has 6 rings (SSSR count). The summed E-state index contributed by atoms with van der Waals surface area (Å²) >= 11 is 1.80. The molecule has 2 aliphatic rings. The van der Waals surface area contributed by atoms with Gasteiger partial charge in [0.15, 0.2) is 0 Å². The first-order chi connectivity index (χ1) is 20.3. The predicted molar refractivity (Wildman–Crippen MR) is 162 cm³/mol. The summed E-state index contributed by atoms with van der Waals surface area (Å²) in [6.45, 7) is 5.01. The van der Waals surface area contributed by atoms with E-state index in [-0.39, 0.29) is 11.3 Å². The van der Waals surface area contributed by atoms with E-state index in [9.17, 15) is 4.79 Å². The van der Waals surface area contributed by atoms with E-state index in [1.165, 1.54) is 0 Å². The number of thioether (sulfide) groups is 1. The van der Waals surface area contributed by atoms with E-state index >= 15 is 0 Å². The molecule has 8 nitrogen and oxygen atoms in total. The summed E-state index contributed by atoms with van der Waals surface area (Å²) in [6.07, 6.45) is 6.55. The SMILES string of the molecule is O=C(Nc1cccc(C(=NOCCCN2CCOCC2)c2ccccc2)c1)c1ccn2c1CSC2c1cccnc1. The molecule has 41 heavy (non-hydrogen) atoms. The maximum absolute atomic E-state index is 13.4. The van der Waals surface area contributed by atoms with Gasteiger partial charge >= 0.3 is 0 Å². The molecule has 0 spiro atoms. The molecule has 0 bridgehead atoms. The van der Waals surface area contributed by atoms with Crippen molar-refractivity contribution in [1.29, 1.82) is 0 Å². The van der Waals surface area contributed by atoms with Gasteiger partial charge < -0.3 is 19.5 Å². The number of pyridine rings is 1. The molecule has 0 radical (unpaired) electrons. The number of oxime groups is 1. The molecule has 1 amide bonds. The minimum absolute atomic E-state index is 0.124. The molecule has 1 saturated heterocycles. The average Bonchev–Trinajstić information content (AvgIpc) is 3.63. The molecule has 2 aromatic carbocycles. The van der Waals surface area contributed by atoms with Gasteiger partial charge in [-0.2, -0.15) is 0 Å². The normalized spacial score (nSPS) is 17.3. The Balaban J connectivity index is 1.15. The van der Waals surface area contributed by atoms with E-state index in [2.05, 4.69) is 31.0 Å². The zero-order valence-corrected chi connectivity index (χ0v) is 23.6. The third-order valence-electron chi connectivity index (χ3n) is 7.28. The lowest BCUT2D eigenvalue weighted by molar-refractivity contribution is 0.0323. The molecular weight excluding hydrogens is 534 g/mol. The second-order valence-electron chi connectivity index (χ2n) is 10.0. The molecule has 1 unspecified atom stereocenters. The van der Waals surface area contributed by atoms with Gasteiger partial charge in [0, 0.05) is 72.0 Å². The van der Waals surface area contributed by atoms with Crippen molar-refractivity contribution in [2.45, 2.75) is 17.5 Å². The van der Waals surface area contributed by atoms with Crippen LogP contribution >= 0.6 is 11.8 Å². The highest BCUT2D eigenvalue weighted by molar-refractivity contribution is 7.99. The Morgan fingerprint density at radius 2 is 1.90 bits per heavy atom. The van der Waals surface area contributed by atoms with Crippen LogP contribution in [0.4, 0.5) is 5.69 Å². The van der Waals surface area contributed by atoms with Gasteiger partial charge in [-0.3, -0.25) is 14.7 Å². The second kappa shape index (κ2) is 13.2. The van der Waals surface area contributed by atoms with Crippen LogP contribution in [0.5, 0.6) is 0 Å². The van der Waals surface area contributed by atoms with Crippen LogP contribution in [-0.2, 0) is 15.3 Å². The first kappa shape index (κ1) is 27.3. The molecule has 1 fully saturated rings. The number of hydrogen-bond acceptors (Lipinski definition) is 7. The number of rotatable bonds is 10. The van der Waals surface area contributed by atoms with E-state index in [0.29, 0.717) is 17.9 Å². The highest BCUT2D eigenvalue weighted by atomic mass is 32.2. The summed E-state index contributed by atoms with van der Waals surface area (Å²) in [5.74, 6) is 0.643. The molecule has 9 heteroatoms. The quantitative estimate of drug-likeness (QED) is 0.157. The lowest BCUT2D eigenvalue weighted by atomic mass is 10.0. The molecule has 0 aliphatic carbocycles. The monoisotopic (exact) mass is 567 g/mol. The molecule has 0 saturated carbocycles. The highest BCUT2D eigenvalue weighted by Crippen LogP contribution is 2.42. The van der Waals surface area contributed by atoms with Crippen LogP contribution < -0.4 is 5.32 Å². The van der Waals surface area contributed by atoms with Crippen molar-refractivity contribution in [1.82, 2.24) is 14.5 Å². The standard InChI is InChI=1S/C32H33N5O3S/c38-31(28-12-15-37-29(28)23-41-32(37)26-10-5-13-33-22-26)34-27-11-4-9-25(21-27)30(24-7-2-1-3-8-24)35-40-18-6-14-36-16-19-39-20-17-36/h1-5,7-13,15,21-22,32H,6,14,16-20,23H2,(H,34,38). The number of ether oxygens (including phenoxy) is 1. The number of morpholine rings is 1. The van der Waals surface area contributed by atoms with Gasteiger partial charge in [0.2, 0.25) is 0 Å². The maximum Gasteiger partial charge on any atom is 0.257 e. The van der Waals surface area contributed by atoms with Crippen molar-refractivity contribution in [2.24, 2.45) is 5.16 Å². The number of aromatic nitrogens is 2. The molecular formula is C32H33N5O3S. The summed E-state index contributed by atoms with van der Waals surface area (Å²) in [5.41, 5.74) is 6.10. The number of carbonyl (C=O) groups is 1. The van der Waals surface area contributed by atoms with Crippen molar-refractivity contribution >= 4 is 29.1 Å². The van der Waals surface area contributed by atoms with Crippen molar-refractivity contribution in [3.05, 3.63) is 119 Å². The number of anilines is 1. The van der Waals surface area contributed by atoms with Gasteiger partial charge in [0.1, 0.15) is 17.7 Å². The number of hydrogen-bond donors (Lipinski definition) is 1. The van der Waals surface area contributed by atoms with Crippen molar-refractivity contribution in [3.8, 4) is 0 Å². The third kappa shape index (κ3) is 6.53. The number of nitrogens with one attached hydrogen (secondary N) is 1. The van der Waals surface area contributed by atoms with Crippen LogP contribution in [0.3, 0.4) is 0 Å². The minimum Gasteiger partial charge on any atom is -0.395 e. The first-order valence-corrected chi connectivity index (χ1v) is 15.0. The van der Waals surface area contributed by atoms with Crippen LogP contribution in [0.15, 0.2) is 96.5 Å². The van der Waals surface area contributed by atoms with E-state index in [1.807, 2.05) is 79.1 Å². The molecule has 1 atom stereocenters. The van der Waals surface area contributed by atoms with Crippen LogP contribution in [0, 0.1) is 0 Å². The van der Waals surface area contributed by atoms with Crippen LogP contribution in [0.25, 0.3) is 0 Å². The summed E-state index contributed by atoms with van der Waals surface area (Å²) in [6, 6.07) is 23.7. The highest BCUT2D eigenvalue weighted by Gasteiger charge is 2.28. The van der Waals surface area contributed by atoms with Crippen LogP contribution in [0.2, 0.25) is 0 Å². The summed E-state index contributed by atoms with van der Waals surface area (Å²) in [5, 5.41) is 7.78. The number of nitrogens with zero attached hydrogens (tertiary/aromatic N) is 4. The smallest absolute Gasteiger partial charge is 0.257 e. The largest absolute Gasteiger partial charge is 0.395 e. The van der Waals surface area contributed by atoms with Crippen molar-refractivity contribution < 1.29 is 14.4 Å². The van der Waals surface area contributed by atoms with Crippen LogP contribution in [-0.4, -0.2) is 65.5 Å². The average molecular weight is 568 g/mol.